The van der Waals surface area contributed by atoms with Crippen LogP contribution in [0.3, 0.4) is 0 Å². The molecule has 0 bridgehead atoms. The molecule has 1 amide bonds. The highest BCUT2D eigenvalue weighted by molar-refractivity contribution is 7.90. The molecule has 0 unspecified atom stereocenters. The number of carbonyl (C=O) groups is 1. The molecule has 0 aliphatic carbocycles. The van der Waals surface area contributed by atoms with E-state index in [1.54, 1.807) is 24.3 Å². The molecule has 3 rings (SSSR count). The molecule has 2 aromatic carbocycles. The first-order valence-corrected chi connectivity index (χ1v) is 10.1. The van der Waals surface area contributed by atoms with E-state index in [2.05, 4.69) is 5.32 Å². The Labute approximate surface area is 148 Å². The summed E-state index contributed by atoms with van der Waals surface area (Å²) in [5.74, 6) is -0.0884. The van der Waals surface area contributed by atoms with Gasteiger partial charge < -0.3 is 10.2 Å². The van der Waals surface area contributed by atoms with Crippen LogP contribution < -0.4 is 5.32 Å². The Balaban J connectivity index is 1.74. The zero-order valence-electron chi connectivity index (χ0n) is 14.0. The van der Waals surface area contributed by atoms with Crippen LogP contribution in [0.15, 0.2) is 59.5 Å². The number of sulfone groups is 1. The average Bonchev–Trinajstić information content (AvgIpc) is 2.91. The van der Waals surface area contributed by atoms with Gasteiger partial charge in [0, 0.05) is 25.2 Å². The molecule has 0 saturated carbocycles. The zero-order chi connectivity index (χ0) is 17.7. The van der Waals surface area contributed by atoms with Gasteiger partial charge in [0.1, 0.15) is 0 Å². The lowest BCUT2D eigenvalue weighted by atomic mass is 10.2. The van der Waals surface area contributed by atoms with Gasteiger partial charge in [-0.15, -0.1) is 0 Å². The van der Waals surface area contributed by atoms with E-state index in [4.69, 9.17) is 0 Å². The highest BCUT2D eigenvalue weighted by atomic mass is 32.2. The summed E-state index contributed by atoms with van der Waals surface area (Å²) in [7, 11) is -3.42. The van der Waals surface area contributed by atoms with Gasteiger partial charge in [0.2, 0.25) is 0 Å². The minimum Gasteiger partial charge on any atom is -0.337 e. The molecule has 0 atom stereocenters. The smallest absolute Gasteiger partial charge is 0.253 e. The average molecular weight is 358 g/mol. The number of nitrogens with zero attached hydrogens (tertiary/aromatic N) is 1. The second-order valence-corrected chi connectivity index (χ2v) is 8.15. The van der Waals surface area contributed by atoms with Gasteiger partial charge in [0.25, 0.3) is 5.91 Å². The highest BCUT2D eigenvalue weighted by Crippen LogP contribution is 2.18. The van der Waals surface area contributed by atoms with E-state index in [9.17, 15) is 13.2 Å². The van der Waals surface area contributed by atoms with Crippen molar-refractivity contribution in [3.8, 4) is 0 Å². The number of hydrogen-bond donors (Lipinski definition) is 1. The van der Waals surface area contributed by atoms with Crippen LogP contribution in [0.5, 0.6) is 0 Å². The van der Waals surface area contributed by atoms with Gasteiger partial charge in [-0.2, -0.15) is 0 Å². The van der Waals surface area contributed by atoms with Crippen LogP contribution in [0, 0.1) is 0 Å². The molecular weight excluding hydrogens is 336 g/mol. The second-order valence-electron chi connectivity index (χ2n) is 6.16. The predicted octanol–water partition coefficient (Wildman–Crippen LogP) is 2.10. The molecule has 1 fully saturated rings. The van der Waals surface area contributed by atoms with Gasteiger partial charge in [-0.25, -0.2) is 8.42 Å². The molecule has 1 aliphatic heterocycles. The van der Waals surface area contributed by atoms with Gasteiger partial charge in [-0.05, 0) is 42.8 Å². The minimum absolute atomic E-state index is 0.0427. The summed E-state index contributed by atoms with van der Waals surface area (Å²) in [5.41, 5.74) is 1.28. The third-order valence-corrected chi connectivity index (χ3v) is 5.99. The lowest BCUT2D eigenvalue weighted by Crippen LogP contribution is -2.34. The fraction of sp³-hybridized carbons (Fsp3) is 0.316. The van der Waals surface area contributed by atoms with Crippen molar-refractivity contribution in [1.29, 1.82) is 0 Å². The molecule has 2 aromatic rings. The number of amides is 1. The first-order chi connectivity index (χ1) is 12.1. The van der Waals surface area contributed by atoms with Crippen molar-refractivity contribution in [2.45, 2.75) is 17.1 Å². The third kappa shape index (κ3) is 4.46. The number of nitrogens with one attached hydrogen (secondary N) is 1. The predicted molar refractivity (Wildman–Crippen MR) is 97.2 cm³/mol. The van der Waals surface area contributed by atoms with E-state index >= 15 is 0 Å². The molecule has 1 saturated heterocycles. The van der Waals surface area contributed by atoms with E-state index in [-0.39, 0.29) is 16.6 Å². The summed E-state index contributed by atoms with van der Waals surface area (Å²) >= 11 is 0. The van der Waals surface area contributed by atoms with Crippen LogP contribution in [-0.4, -0.2) is 45.4 Å². The third-order valence-electron chi connectivity index (χ3n) is 4.29. The molecule has 1 aliphatic rings. The Bertz CT molecular complexity index is 810. The fourth-order valence-corrected chi connectivity index (χ4v) is 4.26. The van der Waals surface area contributed by atoms with E-state index in [1.165, 1.54) is 12.1 Å². The molecule has 132 valence electrons. The molecule has 1 N–H and O–H groups in total. The number of benzene rings is 2. The van der Waals surface area contributed by atoms with Gasteiger partial charge in [0.15, 0.2) is 9.84 Å². The largest absolute Gasteiger partial charge is 0.337 e. The molecule has 1 heterocycles. The highest BCUT2D eigenvalue weighted by Gasteiger charge is 2.19. The molecule has 5 nitrogen and oxygen atoms in total. The quantitative estimate of drug-likeness (QED) is 0.909. The Morgan fingerprint density at radius 3 is 2.40 bits per heavy atom. The maximum Gasteiger partial charge on any atom is 0.253 e. The second kappa shape index (κ2) is 7.80. The Morgan fingerprint density at radius 1 is 0.960 bits per heavy atom. The zero-order valence-corrected chi connectivity index (χ0v) is 14.8. The summed E-state index contributed by atoms with van der Waals surface area (Å²) < 4.78 is 25.1. The lowest BCUT2D eigenvalue weighted by Gasteiger charge is -2.20. The van der Waals surface area contributed by atoms with Crippen LogP contribution in [0.1, 0.15) is 22.3 Å². The monoisotopic (exact) mass is 358 g/mol. The maximum absolute atomic E-state index is 12.6. The van der Waals surface area contributed by atoms with E-state index in [1.807, 2.05) is 23.1 Å². The van der Waals surface area contributed by atoms with E-state index in [0.29, 0.717) is 12.1 Å². The van der Waals surface area contributed by atoms with Crippen LogP contribution in [0.4, 0.5) is 0 Å². The number of hydrogen-bond acceptors (Lipinski definition) is 4. The van der Waals surface area contributed by atoms with E-state index in [0.717, 1.165) is 31.6 Å². The van der Waals surface area contributed by atoms with Crippen molar-refractivity contribution < 1.29 is 13.2 Å². The van der Waals surface area contributed by atoms with E-state index < -0.39 is 9.84 Å². The first-order valence-electron chi connectivity index (χ1n) is 8.43. The van der Waals surface area contributed by atoms with Gasteiger partial charge >= 0.3 is 0 Å². The van der Waals surface area contributed by atoms with Crippen LogP contribution in [0.2, 0.25) is 0 Å². The topological polar surface area (TPSA) is 66.5 Å². The Hall–Kier alpha value is -2.18. The molecule has 0 spiro atoms. The van der Waals surface area contributed by atoms with Gasteiger partial charge in [-0.1, -0.05) is 30.3 Å². The summed E-state index contributed by atoms with van der Waals surface area (Å²) in [5, 5.41) is 3.26. The van der Waals surface area contributed by atoms with Crippen molar-refractivity contribution >= 4 is 15.7 Å². The first kappa shape index (κ1) is 17.6. The summed E-state index contributed by atoms with van der Waals surface area (Å²) in [6.45, 7) is 3.10. The number of carbonyl (C=O) groups excluding carboxylic acids is 1. The lowest BCUT2D eigenvalue weighted by molar-refractivity contribution is 0.0766. The van der Waals surface area contributed by atoms with Crippen LogP contribution >= 0.6 is 0 Å². The number of rotatable bonds is 4. The maximum atomic E-state index is 12.6. The molecule has 25 heavy (non-hydrogen) atoms. The summed E-state index contributed by atoms with van der Waals surface area (Å²) in [6.07, 6.45) is 0.926. The van der Waals surface area contributed by atoms with Crippen molar-refractivity contribution in [1.82, 2.24) is 10.2 Å². The van der Waals surface area contributed by atoms with Gasteiger partial charge in [-0.3, -0.25) is 4.79 Å². The standard InChI is InChI=1S/C19H22N2O3S/c22-19(21-13-4-11-20-12-14-21)17-7-9-18(10-8-17)25(23,24)15-16-5-2-1-3-6-16/h1-3,5-10,20H,4,11-15H2. The van der Waals surface area contributed by atoms with Crippen LogP contribution in [0.25, 0.3) is 0 Å². The van der Waals surface area contributed by atoms with Crippen molar-refractivity contribution in [2.75, 3.05) is 26.2 Å². The summed E-state index contributed by atoms with van der Waals surface area (Å²) in [6, 6.07) is 15.4. The molecule has 0 radical (unpaired) electrons. The van der Waals surface area contributed by atoms with Crippen molar-refractivity contribution in [2.24, 2.45) is 0 Å². The van der Waals surface area contributed by atoms with Crippen LogP contribution in [-0.2, 0) is 15.6 Å². The fourth-order valence-electron chi connectivity index (χ4n) is 2.91. The summed E-state index contributed by atoms with van der Waals surface area (Å²) in [4.78, 5) is 14.6. The minimum atomic E-state index is -3.42. The molecule has 6 heteroatoms. The van der Waals surface area contributed by atoms with Crippen molar-refractivity contribution in [3.63, 3.8) is 0 Å². The van der Waals surface area contributed by atoms with Crippen molar-refractivity contribution in [3.05, 3.63) is 65.7 Å². The Morgan fingerprint density at radius 2 is 1.68 bits per heavy atom. The molecule has 0 aromatic heterocycles. The van der Waals surface area contributed by atoms with Gasteiger partial charge in [0.05, 0.1) is 10.6 Å². The SMILES string of the molecule is O=C(c1ccc(S(=O)(=O)Cc2ccccc2)cc1)N1CCCNCC1. The Kier molecular flexibility index (Phi) is 5.50. The molecular formula is C19H22N2O3S. The normalized spacial score (nSPS) is 15.6.